The lowest BCUT2D eigenvalue weighted by Crippen LogP contribution is -2.44. The third-order valence-corrected chi connectivity index (χ3v) is 4.64. The van der Waals surface area contributed by atoms with Crippen LogP contribution in [-0.4, -0.2) is 50.1 Å². The molecule has 0 radical (unpaired) electrons. The maximum Gasteiger partial charge on any atom is 0.220 e. The first-order valence-electron chi connectivity index (χ1n) is 9.24. The second kappa shape index (κ2) is 9.19. The van der Waals surface area contributed by atoms with Gasteiger partial charge in [0.2, 0.25) is 5.91 Å². The second-order valence-electron chi connectivity index (χ2n) is 7.74. The van der Waals surface area contributed by atoms with E-state index in [2.05, 4.69) is 60.6 Å². The van der Waals surface area contributed by atoms with Crippen molar-refractivity contribution in [3.8, 4) is 0 Å². The minimum Gasteiger partial charge on any atom is -0.356 e. The number of hydrogen-bond acceptors (Lipinski definition) is 3. The molecule has 1 aromatic rings. The summed E-state index contributed by atoms with van der Waals surface area (Å²) in [5.41, 5.74) is 2.75. The highest BCUT2D eigenvalue weighted by atomic mass is 16.1. The largest absolute Gasteiger partial charge is 0.356 e. The molecular weight excluding hydrogens is 298 g/mol. The molecule has 134 valence electrons. The molecule has 0 unspecified atom stereocenters. The predicted octanol–water partition coefficient (Wildman–Crippen LogP) is 2.33. The number of rotatable bonds is 7. The van der Waals surface area contributed by atoms with E-state index in [-0.39, 0.29) is 11.3 Å². The van der Waals surface area contributed by atoms with Crippen molar-refractivity contribution >= 4 is 5.91 Å². The Bertz CT molecular complexity index is 499. The van der Waals surface area contributed by atoms with Crippen molar-refractivity contribution in [3.63, 3.8) is 0 Å². The van der Waals surface area contributed by atoms with Crippen LogP contribution in [0.5, 0.6) is 0 Å². The molecule has 1 aliphatic rings. The summed E-state index contributed by atoms with van der Waals surface area (Å²) in [6.45, 7) is 12.9. The van der Waals surface area contributed by atoms with Crippen LogP contribution in [0.3, 0.4) is 0 Å². The summed E-state index contributed by atoms with van der Waals surface area (Å²) >= 11 is 0. The number of piperazine rings is 1. The molecule has 2 rings (SSSR count). The fraction of sp³-hybridized carbons (Fsp3) is 0.650. The van der Waals surface area contributed by atoms with Crippen molar-refractivity contribution in [3.05, 3.63) is 35.4 Å². The highest BCUT2D eigenvalue weighted by Gasteiger charge is 2.13. The molecule has 1 aromatic carbocycles. The smallest absolute Gasteiger partial charge is 0.220 e. The topological polar surface area (TPSA) is 44.4 Å². The lowest BCUT2D eigenvalue weighted by Gasteiger charge is -2.27. The van der Waals surface area contributed by atoms with Gasteiger partial charge in [-0.3, -0.25) is 4.79 Å². The molecule has 0 bridgehead atoms. The van der Waals surface area contributed by atoms with E-state index >= 15 is 0 Å². The van der Waals surface area contributed by atoms with Gasteiger partial charge < -0.3 is 15.5 Å². The van der Waals surface area contributed by atoms with Crippen molar-refractivity contribution < 1.29 is 4.79 Å². The summed E-state index contributed by atoms with van der Waals surface area (Å²) in [5, 5.41) is 6.40. The molecule has 0 spiro atoms. The van der Waals surface area contributed by atoms with Gasteiger partial charge in [-0.25, -0.2) is 0 Å². The first-order chi connectivity index (χ1) is 11.4. The van der Waals surface area contributed by atoms with Crippen molar-refractivity contribution in [2.24, 2.45) is 0 Å². The standard InChI is InChI=1S/C20H33N3O/c1-20(2,3)18-8-5-17(6-9-18)7-10-19(24)22-11-4-14-23-15-12-21-13-16-23/h5-6,8-9,21H,4,7,10-16H2,1-3H3,(H,22,24). The third kappa shape index (κ3) is 6.62. The van der Waals surface area contributed by atoms with Gasteiger partial charge in [0.1, 0.15) is 0 Å². The lowest BCUT2D eigenvalue weighted by molar-refractivity contribution is -0.121. The van der Waals surface area contributed by atoms with Crippen LogP contribution in [0.1, 0.15) is 44.7 Å². The molecule has 0 aliphatic carbocycles. The fourth-order valence-electron chi connectivity index (χ4n) is 2.98. The van der Waals surface area contributed by atoms with Crippen LogP contribution in [0, 0.1) is 0 Å². The van der Waals surface area contributed by atoms with Gasteiger partial charge in [0.25, 0.3) is 0 Å². The van der Waals surface area contributed by atoms with E-state index in [1.54, 1.807) is 0 Å². The monoisotopic (exact) mass is 331 g/mol. The van der Waals surface area contributed by atoms with E-state index in [1.807, 2.05) is 0 Å². The summed E-state index contributed by atoms with van der Waals surface area (Å²) in [6, 6.07) is 8.66. The van der Waals surface area contributed by atoms with Crippen LogP contribution in [0.4, 0.5) is 0 Å². The molecule has 1 aliphatic heterocycles. The molecule has 1 saturated heterocycles. The predicted molar refractivity (Wildman–Crippen MR) is 100 cm³/mol. The fourth-order valence-corrected chi connectivity index (χ4v) is 2.98. The van der Waals surface area contributed by atoms with Gasteiger partial charge in [0.15, 0.2) is 0 Å². The van der Waals surface area contributed by atoms with Gasteiger partial charge >= 0.3 is 0 Å². The van der Waals surface area contributed by atoms with E-state index in [0.29, 0.717) is 6.42 Å². The van der Waals surface area contributed by atoms with E-state index < -0.39 is 0 Å². The summed E-state index contributed by atoms with van der Waals surface area (Å²) in [6.07, 6.45) is 2.42. The van der Waals surface area contributed by atoms with E-state index in [4.69, 9.17) is 0 Å². The van der Waals surface area contributed by atoms with Crippen LogP contribution in [-0.2, 0) is 16.6 Å². The Morgan fingerprint density at radius 2 is 1.83 bits per heavy atom. The highest BCUT2D eigenvalue weighted by Crippen LogP contribution is 2.22. The number of hydrogen-bond donors (Lipinski definition) is 2. The van der Waals surface area contributed by atoms with Gasteiger partial charge in [-0.1, -0.05) is 45.0 Å². The van der Waals surface area contributed by atoms with Crippen LogP contribution < -0.4 is 10.6 Å². The number of carbonyl (C=O) groups is 1. The Morgan fingerprint density at radius 1 is 1.17 bits per heavy atom. The van der Waals surface area contributed by atoms with Gasteiger partial charge in [0.05, 0.1) is 0 Å². The summed E-state index contributed by atoms with van der Waals surface area (Å²) in [7, 11) is 0. The van der Waals surface area contributed by atoms with Crippen molar-refractivity contribution in [2.45, 2.75) is 45.4 Å². The van der Waals surface area contributed by atoms with Crippen LogP contribution in [0.2, 0.25) is 0 Å². The number of benzene rings is 1. The molecule has 4 nitrogen and oxygen atoms in total. The van der Waals surface area contributed by atoms with Crippen LogP contribution in [0.25, 0.3) is 0 Å². The normalized spacial score (nSPS) is 16.1. The van der Waals surface area contributed by atoms with Crippen LogP contribution in [0.15, 0.2) is 24.3 Å². The molecular formula is C20H33N3O. The molecule has 1 heterocycles. The zero-order valence-electron chi connectivity index (χ0n) is 15.5. The zero-order valence-corrected chi connectivity index (χ0v) is 15.5. The number of nitrogens with zero attached hydrogens (tertiary/aromatic N) is 1. The molecule has 1 amide bonds. The zero-order chi connectivity index (χ0) is 17.4. The van der Waals surface area contributed by atoms with Crippen molar-refractivity contribution in [1.82, 2.24) is 15.5 Å². The maximum atomic E-state index is 12.0. The highest BCUT2D eigenvalue weighted by molar-refractivity contribution is 5.76. The molecule has 0 saturated carbocycles. The number of nitrogens with one attached hydrogen (secondary N) is 2. The SMILES string of the molecule is CC(C)(C)c1ccc(CCC(=O)NCCCN2CCNCC2)cc1. The van der Waals surface area contributed by atoms with Gasteiger partial charge in [-0.2, -0.15) is 0 Å². The number of aryl methyl sites for hydroxylation is 1. The molecule has 2 N–H and O–H groups in total. The minimum atomic E-state index is 0.162. The Kier molecular flexibility index (Phi) is 7.25. The Balaban J connectivity index is 1.60. The molecule has 4 heteroatoms. The molecule has 0 atom stereocenters. The Labute approximate surface area is 147 Å². The lowest BCUT2D eigenvalue weighted by atomic mass is 9.86. The number of amides is 1. The summed E-state index contributed by atoms with van der Waals surface area (Å²) in [4.78, 5) is 14.4. The van der Waals surface area contributed by atoms with E-state index in [1.165, 1.54) is 11.1 Å². The van der Waals surface area contributed by atoms with Crippen LogP contribution >= 0.6 is 0 Å². The average Bonchev–Trinajstić information content (AvgIpc) is 2.57. The van der Waals surface area contributed by atoms with Crippen molar-refractivity contribution in [1.29, 1.82) is 0 Å². The Hall–Kier alpha value is -1.39. The van der Waals surface area contributed by atoms with Gasteiger partial charge in [-0.15, -0.1) is 0 Å². The second-order valence-corrected chi connectivity index (χ2v) is 7.74. The average molecular weight is 332 g/mol. The maximum absolute atomic E-state index is 12.0. The number of carbonyl (C=O) groups excluding carboxylic acids is 1. The molecule has 24 heavy (non-hydrogen) atoms. The minimum absolute atomic E-state index is 0.162. The quantitative estimate of drug-likeness (QED) is 0.754. The van der Waals surface area contributed by atoms with Gasteiger partial charge in [-0.05, 0) is 35.9 Å². The first-order valence-corrected chi connectivity index (χ1v) is 9.24. The van der Waals surface area contributed by atoms with Crippen molar-refractivity contribution in [2.75, 3.05) is 39.3 Å². The van der Waals surface area contributed by atoms with Gasteiger partial charge in [0, 0.05) is 39.1 Å². The molecule has 1 fully saturated rings. The first kappa shape index (κ1) is 18.9. The molecule has 0 aromatic heterocycles. The third-order valence-electron chi connectivity index (χ3n) is 4.64. The van der Waals surface area contributed by atoms with E-state index in [0.717, 1.165) is 52.1 Å². The van der Waals surface area contributed by atoms with E-state index in [9.17, 15) is 4.79 Å². The Morgan fingerprint density at radius 3 is 2.46 bits per heavy atom. The summed E-state index contributed by atoms with van der Waals surface area (Å²) < 4.78 is 0. The summed E-state index contributed by atoms with van der Waals surface area (Å²) in [5.74, 6) is 0.162.